The lowest BCUT2D eigenvalue weighted by molar-refractivity contribution is -0.643. The standard InChI is InChI=1S/C12H19NO3/c1-3-15-12-8-10(9-13-2)4-5-11(12)16-7-6-14/h4-5,8,13-14H,3,6-7,9H2,1-2H3/p+1. The van der Waals surface area contributed by atoms with Crippen LogP contribution in [0.15, 0.2) is 18.2 Å². The van der Waals surface area contributed by atoms with E-state index in [1.54, 1.807) is 0 Å². The van der Waals surface area contributed by atoms with Crippen molar-refractivity contribution < 1.29 is 19.9 Å². The van der Waals surface area contributed by atoms with E-state index in [9.17, 15) is 0 Å². The molecule has 0 aromatic heterocycles. The zero-order chi connectivity index (χ0) is 11.8. The lowest BCUT2D eigenvalue weighted by atomic mass is 10.2. The Morgan fingerprint density at radius 2 is 2.06 bits per heavy atom. The Labute approximate surface area is 96.2 Å². The highest BCUT2D eigenvalue weighted by molar-refractivity contribution is 5.42. The molecule has 0 aliphatic rings. The van der Waals surface area contributed by atoms with Crippen molar-refractivity contribution in [1.82, 2.24) is 0 Å². The smallest absolute Gasteiger partial charge is 0.161 e. The van der Waals surface area contributed by atoms with E-state index >= 15 is 0 Å². The fourth-order valence-corrected chi connectivity index (χ4v) is 1.46. The van der Waals surface area contributed by atoms with Crippen LogP contribution in [0.5, 0.6) is 11.5 Å². The number of benzene rings is 1. The lowest BCUT2D eigenvalue weighted by Gasteiger charge is -2.12. The molecule has 4 nitrogen and oxygen atoms in total. The van der Waals surface area contributed by atoms with Crippen LogP contribution < -0.4 is 14.8 Å². The second kappa shape index (κ2) is 7.09. The summed E-state index contributed by atoms with van der Waals surface area (Å²) in [5, 5.41) is 10.8. The Hall–Kier alpha value is -1.26. The summed E-state index contributed by atoms with van der Waals surface area (Å²) in [6.07, 6.45) is 0. The summed E-state index contributed by atoms with van der Waals surface area (Å²) < 4.78 is 10.9. The maximum atomic E-state index is 8.72. The van der Waals surface area contributed by atoms with Gasteiger partial charge in [0.15, 0.2) is 11.5 Å². The van der Waals surface area contributed by atoms with Gasteiger partial charge >= 0.3 is 0 Å². The van der Waals surface area contributed by atoms with Gasteiger partial charge in [-0.2, -0.15) is 0 Å². The first-order chi connectivity index (χ1) is 7.81. The molecule has 0 saturated heterocycles. The summed E-state index contributed by atoms with van der Waals surface area (Å²) in [5.74, 6) is 1.44. The molecule has 0 heterocycles. The number of ether oxygens (including phenoxy) is 2. The molecular formula is C12H20NO3+. The molecule has 0 aliphatic carbocycles. The van der Waals surface area contributed by atoms with E-state index < -0.39 is 0 Å². The second-order valence-corrected chi connectivity index (χ2v) is 3.40. The fourth-order valence-electron chi connectivity index (χ4n) is 1.46. The normalized spacial score (nSPS) is 10.2. The summed E-state index contributed by atoms with van der Waals surface area (Å²) >= 11 is 0. The van der Waals surface area contributed by atoms with Crippen LogP contribution >= 0.6 is 0 Å². The van der Waals surface area contributed by atoms with Gasteiger partial charge in [-0.05, 0) is 25.1 Å². The average Bonchev–Trinajstić information content (AvgIpc) is 2.29. The molecule has 0 spiro atoms. The first kappa shape index (κ1) is 12.8. The average molecular weight is 226 g/mol. The molecular weight excluding hydrogens is 206 g/mol. The van der Waals surface area contributed by atoms with Crippen LogP contribution in [-0.4, -0.2) is 32.0 Å². The van der Waals surface area contributed by atoms with Gasteiger partial charge in [0, 0.05) is 5.56 Å². The van der Waals surface area contributed by atoms with Crippen molar-refractivity contribution in [3.8, 4) is 11.5 Å². The number of quaternary nitrogens is 1. The van der Waals surface area contributed by atoms with Gasteiger partial charge in [0.25, 0.3) is 0 Å². The molecule has 16 heavy (non-hydrogen) atoms. The van der Waals surface area contributed by atoms with Gasteiger partial charge in [0.05, 0.1) is 20.3 Å². The molecule has 0 saturated carbocycles. The Balaban J connectivity index is 2.80. The molecule has 0 bridgehead atoms. The van der Waals surface area contributed by atoms with Gasteiger partial charge in [-0.3, -0.25) is 0 Å². The number of rotatable bonds is 7. The highest BCUT2D eigenvalue weighted by atomic mass is 16.5. The zero-order valence-corrected chi connectivity index (χ0v) is 9.90. The number of aliphatic hydroxyl groups is 1. The molecule has 90 valence electrons. The molecule has 1 rings (SSSR count). The largest absolute Gasteiger partial charge is 0.490 e. The molecule has 0 radical (unpaired) electrons. The Bertz CT molecular complexity index is 315. The quantitative estimate of drug-likeness (QED) is 0.696. The SMILES string of the molecule is CCOc1cc(C[NH2+]C)ccc1OCCO. The van der Waals surface area contributed by atoms with E-state index in [2.05, 4.69) is 5.32 Å². The van der Waals surface area contributed by atoms with Crippen LogP contribution in [0, 0.1) is 0 Å². The highest BCUT2D eigenvalue weighted by Gasteiger charge is 2.06. The van der Waals surface area contributed by atoms with E-state index in [0.29, 0.717) is 19.0 Å². The third-order valence-corrected chi connectivity index (χ3v) is 2.10. The van der Waals surface area contributed by atoms with E-state index in [-0.39, 0.29) is 6.61 Å². The Morgan fingerprint density at radius 3 is 2.69 bits per heavy atom. The van der Waals surface area contributed by atoms with Crippen LogP contribution in [0.3, 0.4) is 0 Å². The minimum absolute atomic E-state index is 0.00997. The van der Waals surface area contributed by atoms with Gasteiger partial charge < -0.3 is 19.9 Å². The van der Waals surface area contributed by atoms with Gasteiger partial charge in [0.2, 0.25) is 0 Å². The first-order valence-corrected chi connectivity index (χ1v) is 5.59. The van der Waals surface area contributed by atoms with Crippen LogP contribution in [0.4, 0.5) is 0 Å². The van der Waals surface area contributed by atoms with E-state index in [1.807, 2.05) is 32.2 Å². The predicted molar refractivity (Wildman–Crippen MR) is 61.7 cm³/mol. The Morgan fingerprint density at radius 1 is 1.25 bits per heavy atom. The van der Waals surface area contributed by atoms with Gasteiger partial charge in [-0.15, -0.1) is 0 Å². The molecule has 0 amide bonds. The third kappa shape index (κ3) is 3.72. The predicted octanol–water partition coefficient (Wildman–Crippen LogP) is 0.150. The number of hydrogen-bond donors (Lipinski definition) is 2. The van der Waals surface area contributed by atoms with Crippen molar-refractivity contribution in [3.63, 3.8) is 0 Å². The van der Waals surface area contributed by atoms with Crippen molar-refractivity contribution in [1.29, 1.82) is 0 Å². The summed E-state index contributed by atoms with van der Waals surface area (Å²) in [6.45, 7) is 3.76. The van der Waals surface area contributed by atoms with Crippen molar-refractivity contribution in [2.24, 2.45) is 0 Å². The zero-order valence-electron chi connectivity index (χ0n) is 9.90. The van der Waals surface area contributed by atoms with E-state index in [1.165, 1.54) is 5.56 Å². The molecule has 0 unspecified atom stereocenters. The van der Waals surface area contributed by atoms with E-state index in [0.717, 1.165) is 12.3 Å². The van der Waals surface area contributed by atoms with Crippen molar-refractivity contribution in [2.75, 3.05) is 26.9 Å². The number of hydrogen-bond acceptors (Lipinski definition) is 3. The topological polar surface area (TPSA) is 55.3 Å². The first-order valence-electron chi connectivity index (χ1n) is 5.59. The minimum atomic E-state index is 0.00997. The van der Waals surface area contributed by atoms with Crippen LogP contribution in [0.2, 0.25) is 0 Å². The van der Waals surface area contributed by atoms with Crippen LogP contribution in [-0.2, 0) is 6.54 Å². The van der Waals surface area contributed by atoms with Crippen LogP contribution in [0.25, 0.3) is 0 Å². The fraction of sp³-hybridized carbons (Fsp3) is 0.500. The molecule has 0 atom stereocenters. The van der Waals surface area contributed by atoms with Crippen molar-refractivity contribution >= 4 is 0 Å². The van der Waals surface area contributed by atoms with Crippen molar-refractivity contribution in [3.05, 3.63) is 23.8 Å². The second-order valence-electron chi connectivity index (χ2n) is 3.40. The van der Waals surface area contributed by atoms with E-state index in [4.69, 9.17) is 14.6 Å². The van der Waals surface area contributed by atoms with Crippen LogP contribution in [0.1, 0.15) is 12.5 Å². The van der Waals surface area contributed by atoms with Gasteiger partial charge in [-0.25, -0.2) is 0 Å². The molecule has 0 fully saturated rings. The molecule has 1 aromatic carbocycles. The summed E-state index contributed by atoms with van der Waals surface area (Å²) in [7, 11) is 2.02. The minimum Gasteiger partial charge on any atom is -0.490 e. The molecule has 3 N–H and O–H groups in total. The maximum absolute atomic E-state index is 8.72. The molecule has 1 aromatic rings. The maximum Gasteiger partial charge on any atom is 0.161 e. The lowest BCUT2D eigenvalue weighted by Crippen LogP contribution is -2.77. The number of aliphatic hydroxyl groups excluding tert-OH is 1. The monoisotopic (exact) mass is 226 g/mol. The van der Waals surface area contributed by atoms with Gasteiger partial charge in [0.1, 0.15) is 13.2 Å². The Kier molecular flexibility index (Phi) is 5.67. The van der Waals surface area contributed by atoms with Gasteiger partial charge in [-0.1, -0.05) is 0 Å². The summed E-state index contributed by atoms with van der Waals surface area (Å²) in [4.78, 5) is 0. The van der Waals surface area contributed by atoms with Crippen molar-refractivity contribution in [2.45, 2.75) is 13.5 Å². The molecule has 4 heteroatoms. The summed E-state index contributed by atoms with van der Waals surface area (Å²) in [6, 6.07) is 5.88. The highest BCUT2D eigenvalue weighted by Crippen LogP contribution is 2.28. The summed E-state index contributed by atoms with van der Waals surface area (Å²) in [5.41, 5.74) is 1.20. The third-order valence-electron chi connectivity index (χ3n) is 2.10. The number of nitrogens with two attached hydrogens (primary N) is 1. The molecule has 0 aliphatic heterocycles.